The number of benzene rings is 1. The summed E-state index contributed by atoms with van der Waals surface area (Å²) in [5, 5.41) is 10.3. The highest BCUT2D eigenvalue weighted by molar-refractivity contribution is 7.89. The van der Waals surface area contributed by atoms with E-state index in [0.717, 1.165) is 41.0 Å². The minimum atomic E-state index is -3.67. The topological polar surface area (TPSA) is 99.2 Å². The van der Waals surface area contributed by atoms with E-state index in [4.69, 9.17) is 0 Å². The number of aromatic amines is 1. The first-order valence-electron chi connectivity index (χ1n) is 9.82. The van der Waals surface area contributed by atoms with Gasteiger partial charge in [0.25, 0.3) is 0 Å². The maximum absolute atomic E-state index is 13.0. The number of rotatable bonds is 7. The minimum absolute atomic E-state index is 0.214. The van der Waals surface area contributed by atoms with Gasteiger partial charge in [0.05, 0.1) is 22.2 Å². The lowest BCUT2D eigenvalue weighted by Gasteiger charge is -2.28. The molecule has 0 spiro atoms. The molecule has 29 heavy (non-hydrogen) atoms. The van der Waals surface area contributed by atoms with Crippen LogP contribution in [0, 0.1) is 12.8 Å². The lowest BCUT2D eigenvalue weighted by Crippen LogP contribution is -2.43. The normalized spacial score (nSPS) is 17.0. The predicted octanol–water partition coefficient (Wildman–Crippen LogP) is 2.64. The first-order chi connectivity index (χ1) is 13.8. The van der Waals surface area contributed by atoms with Gasteiger partial charge in [-0.2, -0.15) is 4.31 Å². The van der Waals surface area contributed by atoms with Crippen LogP contribution in [-0.2, 0) is 16.4 Å². The Morgan fingerprint density at radius 2 is 1.93 bits per heavy atom. The second-order valence-corrected chi connectivity index (χ2v) is 9.88. The molecule has 0 saturated heterocycles. The summed E-state index contributed by atoms with van der Waals surface area (Å²) in [6.45, 7) is 3.66. The van der Waals surface area contributed by atoms with Crippen LogP contribution in [0.25, 0.3) is 11.0 Å². The molecule has 0 radical (unpaired) electrons. The quantitative estimate of drug-likeness (QED) is 0.619. The van der Waals surface area contributed by atoms with Crippen LogP contribution < -0.4 is 0 Å². The summed E-state index contributed by atoms with van der Waals surface area (Å²) in [6.07, 6.45) is 3.61. The summed E-state index contributed by atoms with van der Waals surface area (Å²) in [5.74, 6) is 1.05. The number of aromatic nitrogens is 3. The van der Waals surface area contributed by atoms with Crippen molar-refractivity contribution in [2.75, 3.05) is 7.05 Å². The van der Waals surface area contributed by atoms with Gasteiger partial charge >= 0.3 is 0 Å². The molecule has 7 nitrogen and oxygen atoms in total. The standard InChI is InChI=1S/C21H26N4O3S/c1-13(21(26)16-6-7-16)25(3)29(27,28)17-8-4-15(5-9-17)12-19-20-18(10-11-22-19)23-14(2)24-20/h4-5,8-11,13,16,21,26H,6-7,12H2,1-3H3,(H,23,24)/t13-,21?/m0/s1. The Labute approximate surface area is 170 Å². The monoisotopic (exact) mass is 414 g/mol. The molecule has 4 rings (SSSR count). The number of hydrogen-bond donors (Lipinski definition) is 2. The zero-order chi connectivity index (χ0) is 20.8. The fraction of sp³-hybridized carbons (Fsp3) is 0.429. The molecule has 3 aromatic rings. The van der Waals surface area contributed by atoms with Crippen molar-refractivity contribution in [2.45, 2.75) is 50.2 Å². The van der Waals surface area contributed by atoms with E-state index in [-0.39, 0.29) is 10.8 Å². The Bertz CT molecular complexity index is 1120. The van der Waals surface area contributed by atoms with E-state index in [2.05, 4.69) is 15.0 Å². The molecular formula is C21H26N4O3S. The smallest absolute Gasteiger partial charge is 0.243 e. The van der Waals surface area contributed by atoms with Crippen molar-refractivity contribution in [3.63, 3.8) is 0 Å². The highest BCUT2D eigenvalue weighted by atomic mass is 32.2. The number of nitrogens with zero attached hydrogens (tertiary/aromatic N) is 3. The number of pyridine rings is 1. The number of hydrogen-bond acceptors (Lipinski definition) is 5. The van der Waals surface area contributed by atoms with Crippen molar-refractivity contribution in [3.05, 3.63) is 53.6 Å². The van der Waals surface area contributed by atoms with Gasteiger partial charge in [-0.3, -0.25) is 4.98 Å². The molecule has 1 aliphatic rings. The number of H-pyrrole nitrogens is 1. The third-order valence-electron chi connectivity index (χ3n) is 5.74. The predicted molar refractivity (Wildman–Crippen MR) is 111 cm³/mol. The number of aryl methyl sites for hydroxylation is 1. The summed E-state index contributed by atoms with van der Waals surface area (Å²) in [7, 11) is -2.14. The molecule has 2 heterocycles. The number of likely N-dealkylation sites (N-methyl/N-ethyl adjacent to an activating group) is 1. The Morgan fingerprint density at radius 1 is 1.24 bits per heavy atom. The van der Waals surface area contributed by atoms with Crippen LogP contribution in [0.2, 0.25) is 0 Å². The van der Waals surface area contributed by atoms with Gasteiger partial charge in [0.1, 0.15) is 11.3 Å². The van der Waals surface area contributed by atoms with Gasteiger partial charge in [-0.1, -0.05) is 12.1 Å². The van der Waals surface area contributed by atoms with E-state index in [1.165, 1.54) is 11.4 Å². The molecule has 1 unspecified atom stereocenters. The van der Waals surface area contributed by atoms with Gasteiger partial charge in [0.15, 0.2) is 0 Å². The largest absolute Gasteiger partial charge is 0.391 e. The van der Waals surface area contributed by atoms with Crippen molar-refractivity contribution >= 4 is 21.1 Å². The molecule has 1 aliphatic carbocycles. The lowest BCUT2D eigenvalue weighted by molar-refractivity contribution is 0.0876. The average molecular weight is 415 g/mol. The maximum atomic E-state index is 13.0. The van der Waals surface area contributed by atoms with Gasteiger partial charge in [0.2, 0.25) is 10.0 Å². The van der Waals surface area contributed by atoms with Crippen LogP contribution in [0.5, 0.6) is 0 Å². The number of nitrogens with one attached hydrogen (secondary N) is 1. The molecule has 1 aromatic carbocycles. The van der Waals surface area contributed by atoms with Crippen molar-refractivity contribution in [3.8, 4) is 0 Å². The van der Waals surface area contributed by atoms with Crippen LogP contribution in [0.3, 0.4) is 0 Å². The Hall–Kier alpha value is -2.29. The minimum Gasteiger partial charge on any atom is -0.391 e. The zero-order valence-corrected chi connectivity index (χ0v) is 17.6. The fourth-order valence-electron chi connectivity index (χ4n) is 3.65. The van der Waals surface area contributed by atoms with Gasteiger partial charge < -0.3 is 10.1 Å². The van der Waals surface area contributed by atoms with E-state index in [9.17, 15) is 13.5 Å². The molecule has 2 aromatic heterocycles. The second-order valence-electron chi connectivity index (χ2n) is 7.89. The molecule has 2 atom stereocenters. The summed E-state index contributed by atoms with van der Waals surface area (Å²) >= 11 is 0. The van der Waals surface area contributed by atoms with Crippen LogP contribution in [0.1, 0.15) is 36.8 Å². The van der Waals surface area contributed by atoms with Gasteiger partial charge in [-0.05, 0) is 56.4 Å². The van der Waals surface area contributed by atoms with Crippen LogP contribution in [0.4, 0.5) is 0 Å². The van der Waals surface area contributed by atoms with Crippen LogP contribution >= 0.6 is 0 Å². The molecule has 154 valence electrons. The fourth-order valence-corrected chi connectivity index (χ4v) is 5.02. The highest BCUT2D eigenvalue weighted by Gasteiger charge is 2.38. The molecule has 0 aliphatic heterocycles. The van der Waals surface area contributed by atoms with Crippen molar-refractivity contribution in [2.24, 2.45) is 5.92 Å². The SMILES string of the molecule is Cc1nc2c(Cc3ccc(S(=O)(=O)N(C)[C@@H](C)C(O)C4CC4)cc3)nccc2[nH]1. The third kappa shape index (κ3) is 3.92. The van der Waals surface area contributed by atoms with Crippen LogP contribution in [-0.4, -0.2) is 52.0 Å². The molecule has 0 amide bonds. The van der Waals surface area contributed by atoms with E-state index < -0.39 is 22.2 Å². The summed E-state index contributed by atoms with van der Waals surface area (Å²) in [4.78, 5) is 12.4. The van der Waals surface area contributed by atoms with Crippen molar-refractivity contribution in [1.29, 1.82) is 0 Å². The first kappa shape index (κ1) is 20.0. The maximum Gasteiger partial charge on any atom is 0.243 e. The zero-order valence-electron chi connectivity index (χ0n) is 16.8. The van der Waals surface area contributed by atoms with Gasteiger partial charge in [-0.25, -0.2) is 13.4 Å². The molecule has 1 saturated carbocycles. The molecular weight excluding hydrogens is 388 g/mol. The number of imidazole rings is 1. The van der Waals surface area contributed by atoms with E-state index in [1.54, 1.807) is 25.3 Å². The van der Waals surface area contributed by atoms with Crippen molar-refractivity contribution < 1.29 is 13.5 Å². The van der Waals surface area contributed by atoms with Gasteiger partial charge in [-0.15, -0.1) is 0 Å². The Balaban J connectivity index is 1.53. The van der Waals surface area contributed by atoms with E-state index in [0.29, 0.717) is 6.42 Å². The number of sulfonamides is 1. The third-order valence-corrected chi connectivity index (χ3v) is 7.70. The molecule has 8 heteroatoms. The lowest BCUT2D eigenvalue weighted by atomic mass is 10.1. The Morgan fingerprint density at radius 3 is 2.59 bits per heavy atom. The second kappa shape index (κ2) is 7.51. The molecule has 2 N–H and O–H groups in total. The van der Waals surface area contributed by atoms with Crippen molar-refractivity contribution in [1.82, 2.24) is 19.3 Å². The summed E-state index contributed by atoms with van der Waals surface area (Å²) < 4.78 is 27.2. The van der Waals surface area contributed by atoms with Gasteiger partial charge in [0, 0.05) is 25.7 Å². The average Bonchev–Trinajstić information content (AvgIpc) is 3.48. The van der Waals surface area contributed by atoms with E-state index >= 15 is 0 Å². The van der Waals surface area contributed by atoms with Crippen LogP contribution in [0.15, 0.2) is 41.4 Å². The number of aliphatic hydroxyl groups excluding tert-OH is 1. The highest BCUT2D eigenvalue weighted by Crippen LogP contribution is 2.35. The Kier molecular flexibility index (Phi) is 5.18. The molecule has 1 fully saturated rings. The van der Waals surface area contributed by atoms with E-state index in [1.807, 2.05) is 25.1 Å². The number of aliphatic hydroxyl groups is 1. The number of fused-ring (bicyclic) bond motifs is 1. The first-order valence-corrected chi connectivity index (χ1v) is 11.3. The summed E-state index contributed by atoms with van der Waals surface area (Å²) in [6, 6.07) is 8.28. The molecule has 0 bridgehead atoms. The summed E-state index contributed by atoms with van der Waals surface area (Å²) in [5.41, 5.74) is 3.58.